The fourth-order valence-corrected chi connectivity index (χ4v) is 0.702. The van der Waals surface area contributed by atoms with Gasteiger partial charge in [0.15, 0.2) is 5.82 Å². The van der Waals surface area contributed by atoms with Crippen LogP contribution in [0.4, 0.5) is 0 Å². The summed E-state index contributed by atoms with van der Waals surface area (Å²) in [5.41, 5.74) is 10.3. The minimum Gasteiger partial charge on any atom is -0.368 e. The largest absolute Gasteiger partial charge is 0.368 e. The van der Waals surface area contributed by atoms with Crippen LogP contribution in [0.3, 0.4) is 0 Å². The van der Waals surface area contributed by atoms with Crippen LogP contribution in [0.1, 0.15) is 5.82 Å². The van der Waals surface area contributed by atoms with Gasteiger partial charge in [-0.05, 0) is 5.21 Å². The van der Waals surface area contributed by atoms with E-state index in [1.807, 2.05) is 0 Å². The summed E-state index contributed by atoms with van der Waals surface area (Å²) in [5.74, 6) is -0.147. The van der Waals surface area contributed by atoms with E-state index in [1.54, 1.807) is 7.05 Å². The molecule has 1 rings (SSSR count). The quantitative estimate of drug-likeness (QED) is 0.593. The summed E-state index contributed by atoms with van der Waals surface area (Å²) in [6.45, 7) is 0. The number of tetrazole rings is 1. The van der Waals surface area contributed by atoms with E-state index in [0.717, 1.165) is 0 Å². The van der Waals surface area contributed by atoms with Crippen LogP contribution in [0.15, 0.2) is 0 Å². The van der Waals surface area contributed by atoms with Gasteiger partial charge < -0.3 is 11.5 Å². The zero-order chi connectivity index (χ0) is 9.14. The van der Waals surface area contributed by atoms with E-state index in [4.69, 9.17) is 11.5 Å². The Balaban J connectivity index is 0.00000144. The Labute approximate surface area is 80.9 Å². The Hall–Kier alpha value is -1.21. The van der Waals surface area contributed by atoms with Crippen molar-refractivity contribution in [1.29, 1.82) is 0 Å². The van der Waals surface area contributed by atoms with Crippen LogP contribution in [0.2, 0.25) is 0 Å². The van der Waals surface area contributed by atoms with Gasteiger partial charge in [0.2, 0.25) is 5.91 Å². The molecule has 4 N–H and O–H groups in total. The maximum atomic E-state index is 10.5. The van der Waals surface area contributed by atoms with Gasteiger partial charge in [-0.2, -0.15) is 4.80 Å². The van der Waals surface area contributed by atoms with Crippen molar-refractivity contribution in [2.45, 2.75) is 12.5 Å². The minimum absolute atomic E-state index is 0. The Morgan fingerprint density at radius 3 is 2.69 bits per heavy atom. The normalized spacial score (nSPS) is 11.8. The fourth-order valence-electron chi connectivity index (χ4n) is 0.702. The topological polar surface area (TPSA) is 113 Å². The van der Waals surface area contributed by atoms with E-state index in [1.165, 1.54) is 4.80 Å². The first-order valence-corrected chi connectivity index (χ1v) is 3.37. The van der Waals surface area contributed by atoms with Gasteiger partial charge in [0.25, 0.3) is 0 Å². The molecule has 1 heterocycles. The highest BCUT2D eigenvalue weighted by atomic mass is 35.5. The smallest absolute Gasteiger partial charge is 0.234 e. The van der Waals surface area contributed by atoms with E-state index in [0.29, 0.717) is 5.82 Å². The minimum atomic E-state index is -0.741. The molecule has 1 aromatic heterocycles. The zero-order valence-corrected chi connectivity index (χ0v) is 7.86. The highest BCUT2D eigenvalue weighted by Crippen LogP contribution is 1.90. The summed E-state index contributed by atoms with van der Waals surface area (Å²) in [7, 11) is 1.63. The average Bonchev–Trinajstić information content (AvgIpc) is 2.35. The van der Waals surface area contributed by atoms with Gasteiger partial charge >= 0.3 is 0 Å². The number of aromatic nitrogens is 4. The number of rotatable bonds is 3. The first kappa shape index (κ1) is 11.8. The van der Waals surface area contributed by atoms with Crippen LogP contribution in [-0.2, 0) is 18.3 Å². The number of amides is 1. The molecule has 8 heteroatoms. The fraction of sp³-hybridized carbons (Fsp3) is 0.600. The second-order valence-electron chi connectivity index (χ2n) is 2.41. The molecule has 1 aromatic rings. The molecule has 0 aromatic carbocycles. The average molecular weight is 207 g/mol. The van der Waals surface area contributed by atoms with Gasteiger partial charge in [0.05, 0.1) is 13.1 Å². The maximum absolute atomic E-state index is 10.5. The van der Waals surface area contributed by atoms with Gasteiger partial charge in [-0.15, -0.1) is 22.6 Å². The summed E-state index contributed by atoms with van der Waals surface area (Å²) in [6, 6.07) is -0.741. The van der Waals surface area contributed by atoms with Gasteiger partial charge in [0, 0.05) is 6.42 Å². The molecule has 0 aliphatic rings. The monoisotopic (exact) mass is 206 g/mol. The standard InChI is InChI=1S/C5H10N6O.ClH/c1-11-9-4(8-10-11)2-3(6)5(7)12;/h3H,2,6H2,1H3,(H2,7,12);1H. The highest BCUT2D eigenvalue weighted by molar-refractivity contribution is 5.85. The molecule has 0 spiro atoms. The lowest BCUT2D eigenvalue weighted by atomic mass is 10.2. The lowest BCUT2D eigenvalue weighted by molar-refractivity contribution is -0.119. The summed E-state index contributed by atoms with van der Waals surface area (Å²) in [4.78, 5) is 11.8. The van der Waals surface area contributed by atoms with Crippen molar-refractivity contribution in [2.75, 3.05) is 0 Å². The number of carbonyl (C=O) groups excluding carboxylic acids is 1. The molecule has 0 fully saturated rings. The molecular formula is C5H11ClN6O. The van der Waals surface area contributed by atoms with E-state index in [-0.39, 0.29) is 18.8 Å². The number of aryl methyl sites for hydroxylation is 1. The number of hydrogen-bond donors (Lipinski definition) is 2. The molecule has 0 aliphatic carbocycles. The number of nitrogens with two attached hydrogens (primary N) is 2. The first-order chi connectivity index (χ1) is 5.59. The molecule has 13 heavy (non-hydrogen) atoms. The number of nitrogens with zero attached hydrogens (tertiary/aromatic N) is 4. The van der Waals surface area contributed by atoms with E-state index >= 15 is 0 Å². The predicted octanol–water partition coefficient (Wildman–Crippen LogP) is -2.01. The molecule has 7 nitrogen and oxygen atoms in total. The number of primary amides is 1. The summed E-state index contributed by atoms with van der Waals surface area (Å²) >= 11 is 0. The second-order valence-corrected chi connectivity index (χ2v) is 2.41. The number of hydrogen-bond acceptors (Lipinski definition) is 5. The summed E-state index contributed by atoms with van der Waals surface area (Å²) < 4.78 is 0. The Kier molecular flexibility index (Phi) is 4.29. The van der Waals surface area contributed by atoms with Crippen LogP contribution in [0, 0.1) is 0 Å². The third kappa shape index (κ3) is 3.34. The van der Waals surface area contributed by atoms with E-state index < -0.39 is 11.9 Å². The molecule has 74 valence electrons. The predicted molar refractivity (Wildman–Crippen MR) is 46.9 cm³/mol. The Bertz CT molecular complexity index is 286. The van der Waals surface area contributed by atoms with Gasteiger partial charge in [-0.3, -0.25) is 4.79 Å². The van der Waals surface area contributed by atoms with Gasteiger partial charge in [-0.25, -0.2) is 0 Å². The molecule has 0 saturated heterocycles. The molecule has 0 saturated carbocycles. The Morgan fingerprint density at radius 2 is 2.31 bits per heavy atom. The van der Waals surface area contributed by atoms with Gasteiger partial charge in [-0.1, -0.05) is 0 Å². The molecule has 0 bridgehead atoms. The molecule has 0 radical (unpaired) electrons. The van der Waals surface area contributed by atoms with E-state index in [2.05, 4.69) is 15.4 Å². The van der Waals surface area contributed by atoms with Gasteiger partial charge in [0.1, 0.15) is 0 Å². The van der Waals surface area contributed by atoms with Crippen molar-refractivity contribution in [3.8, 4) is 0 Å². The van der Waals surface area contributed by atoms with Crippen molar-refractivity contribution in [3.63, 3.8) is 0 Å². The van der Waals surface area contributed by atoms with Crippen molar-refractivity contribution in [1.82, 2.24) is 20.2 Å². The molecule has 1 unspecified atom stereocenters. The lowest BCUT2D eigenvalue weighted by Gasteiger charge is -2.01. The second kappa shape index (κ2) is 4.73. The maximum Gasteiger partial charge on any atom is 0.234 e. The van der Waals surface area contributed by atoms with E-state index in [9.17, 15) is 4.79 Å². The highest BCUT2D eigenvalue weighted by Gasteiger charge is 2.12. The van der Waals surface area contributed by atoms with Crippen LogP contribution >= 0.6 is 12.4 Å². The summed E-state index contributed by atoms with van der Waals surface area (Å²) in [5, 5.41) is 11.1. The van der Waals surface area contributed by atoms with Crippen LogP contribution in [0.5, 0.6) is 0 Å². The zero-order valence-electron chi connectivity index (χ0n) is 7.04. The van der Waals surface area contributed by atoms with Crippen LogP contribution in [0.25, 0.3) is 0 Å². The molecule has 1 atom stereocenters. The van der Waals surface area contributed by atoms with Crippen molar-refractivity contribution < 1.29 is 4.79 Å². The number of carbonyl (C=O) groups is 1. The number of halogens is 1. The van der Waals surface area contributed by atoms with Crippen LogP contribution in [-0.4, -0.2) is 32.2 Å². The summed E-state index contributed by atoms with van der Waals surface area (Å²) in [6.07, 6.45) is 0.225. The molecule has 1 amide bonds. The van der Waals surface area contributed by atoms with Crippen molar-refractivity contribution in [3.05, 3.63) is 5.82 Å². The molecular weight excluding hydrogens is 196 g/mol. The SMILES string of the molecule is Cl.Cn1nnc(CC(N)C(N)=O)n1. The van der Waals surface area contributed by atoms with Crippen LogP contribution < -0.4 is 11.5 Å². The first-order valence-electron chi connectivity index (χ1n) is 3.37. The lowest BCUT2D eigenvalue weighted by Crippen LogP contribution is -2.38. The third-order valence-electron chi connectivity index (χ3n) is 1.32. The van der Waals surface area contributed by atoms with Crippen molar-refractivity contribution >= 4 is 18.3 Å². The third-order valence-corrected chi connectivity index (χ3v) is 1.32. The molecule has 0 aliphatic heterocycles. The van der Waals surface area contributed by atoms with Crippen molar-refractivity contribution in [2.24, 2.45) is 18.5 Å². The Morgan fingerprint density at radius 1 is 1.69 bits per heavy atom.